The maximum Gasteiger partial charge on any atom is 0.337 e. The quantitative estimate of drug-likeness (QED) is 0.787. The summed E-state index contributed by atoms with van der Waals surface area (Å²) in [5, 5.41) is 0.0475. The number of sulfonamides is 1. The number of nitrogens with one attached hydrogen (secondary N) is 1. The van der Waals surface area contributed by atoms with Crippen molar-refractivity contribution in [3.63, 3.8) is 0 Å². The second-order valence-electron chi connectivity index (χ2n) is 6.36. The SMILES string of the molecule is COC(=O)c1ccc(Cl)c(S(=O)(=O)N[C@H](C)c2ccc3c(c2)CCC3)c1. The second-order valence-corrected chi connectivity index (χ2v) is 8.45. The molecule has 0 radical (unpaired) electrons. The number of carbonyl (C=O) groups is 1. The summed E-state index contributed by atoms with van der Waals surface area (Å²) >= 11 is 6.06. The van der Waals surface area contributed by atoms with Crippen LogP contribution in [0.5, 0.6) is 0 Å². The first-order chi connectivity index (χ1) is 12.3. The van der Waals surface area contributed by atoms with Crippen LogP contribution in [0.25, 0.3) is 0 Å². The van der Waals surface area contributed by atoms with Crippen LogP contribution in [0, 0.1) is 0 Å². The second kappa shape index (κ2) is 7.39. The number of aryl methyl sites for hydroxylation is 2. The van der Waals surface area contributed by atoms with Gasteiger partial charge < -0.3 is 4.74 Å². The van der Waals surface area contributed by atoms with E-state index in [1.807, 2.05) is 6.07 Å². The van der Waals surface area contributed by atoms with Crippen LogP contribution < -0.4 is 4.72 Å². The maximum absolute atomic E-state index is 12.8. The normalized spacial score (nSPS) is 14.7. The minimum atomic E-state index is -3.91. The highest BCUT2D eigenvalue weighted by molar-refractivity contribution is 7.89. The Morgan fingerprint density at radius 1 is 1.15 bits per heavy atom. The van der Waals surface area contributed by atoms with Crippen molar-refractivity contribution >= 4 is 27.6 Å². The van der Waals surface area contributed by atoms with Gasteiger partial charge in [0.15, 0.2) is 0 Å². The Labute approximate surface area is 158 Å². The number of esters is 1. The first kappa shape index (κ1) is 18.9. The molecule has 2 aromatic rings. The van der Waals surface area contributed by atoms with Crippen LogP contribution in [0.15, 0.2) is 41.3 Å². The zero-order valence-corrected chi connectivity index (χ0v) is 16.2. The Morgan fingerprint density at radius 3 is 2.62 bits per heavy atom. The third-order valence-corrected chi connectivity index (χ3v) is 6.62. The van der Waals surface area contributed by atoms with Crippen molar-refractivity contribution in [2.75, 3.05) is 7.11 Å². The molecule has 7 heteroatoms. The van der Waals surface area contributed by atoms with Gasteiger partial charge >= 0.3 is 5.97 Å². The van der Waals surface area contributed by atoms with E-state index >= 15 is 0 Å². The summed E-state index contributed by atoms with van der Waals surface area (Å²) in [6.07, 6.45) is 3.23. The van der Waals surface area contributed by atoms with Crippen molar-refractivity contribution in [1.29, 1.82) is 0 Å². The monoisotopic (exact) mass is 393 g/mol. The van der Waals surface area contributed by atoms with E-state index < -0.39 is 22.0 Å². The molecule has 1 atom stereocenters. The molecule has 0 heterocycles. The summed E-state index contributed by atoms with van der Waals surface area (Å²) in [6.45, 7) is 1.78. The van der Waals surface area contributed by atoms with Gasteiger partial charge in [0.05, 0.1) is 17.7 Å². The molecule has 0 amide bonds. The van der Waals surface area contributed by atoms with Crippen LogP contribution in [-0.4, -0.2) is 21.5 Å². The summed E-state index contributed by atoms with van der Waals surface area (Å²) in [5.41, 5.74) is 3.63. The molecule has 5 nitrogen and oxygen atoms in total. The molecule has 1 aliphatic rings. The van der Waals surface area contributed by atoms with Crippen LogP contribution in [0.2, 0.25) is 5.02 Å². The summed E-state index contributed by atoms with van der Waals surface area (Å²) in [4.78, 5) is 11.5. The minimum absolute atomic E-state index is 0.0475. The van der Waals surface area contributed by atoms with E-state index in [0.717, 1.165) is 24.8 Å². The lowest BCUT2D eigenvalue weighted by atomic mass is 10.0. The average Bonchev–Trinajstić information content (AvgIpc) is 3.08. The number of halogens is 1. The number of hydrogen-bond donors (Lipinski definition) is 1. The Balaban J connectivity index is 1.88. The third-order valence-electron chi connectivity index (χ3n) is 4.60. The van der Waals surface area contributed by atoms with Crippen molar-refractivity contribution in [1.82, 2.24) is 4.72 Å². The van der Waals surface area contributed by atoms with Gasteiger partial charge in [-0.2, -0.15) is 0 Å². The van der Waals surface area contributed by atoms with E-state index in [9.17, 15) is 13.2 Å². The molecule has 0 aromatic heterocycles. The molecule has 2 aromatic carbocycles. The van der Waals surface area contributed by atoms with Crippen molar-refractivity contribution in [2.45, 2.75) is 37.1 Å². The fourth-order valence-corrected chi connectivity index (χ4v) is 4.94. The van der Waals surface area contributed by atoms with Gasteiger partial charge in [-0.25, -0.2) is 17.9 Å². The van der Waals surface area contributed by atoms with E-state index in [0.29, 0.717) is 0 Å². The highest BCUT2D eigenvalue weighted by Crippen LogP contribution is 2.28. The van der Waals surface area contributed by atoms with Crippen molar-refractivity contribution in [2.24, 2.45) is 0 Å². The number of carbonyl (C=O) groups excluding carboxylic acids is 1. The molecule has 0 bridgehead atoms. The molecule has 3 rings (SSSR count). The lowest BCUT2D eigenvalue weighted by Gasteiger charge is -2.17. The molecule has 0 saturated heterocycles. The molecule has 1 N–H and O–H groups in total. The topological polar surface area (TPSA) is 72.5 Å². The molecule has 0 saturated carbocycles. The number of methoxy groups -OCH3 is 1. The van der Waals surface area contributed by atoms with Crippen molar-refractivity contribution in [3.05, 3.63) is 63.7 Å². The average molecular weight is 394 g/mol. The van der Waals surface area contributed by atoms with Gasteiger partial charge in [0.25, 0.3) is 0 Å². The summed E-state index contributed by atoms with van der Waals surface area (Å²) in [7, 11) is -2.67. The van der Waals surface area contributed by atoms with Gasteiger partial charge in [0, 0.05) is 6.04 Å². The van der Waals surface area contributed by atoms with Gasteiger partial charge in [-0.1, -0.05) is 29.8 Å². The molecule has 138 valence electrons. The Morgan fingerprint density at radius 2 is 1.88 bits per heavy atom. The van der Waals surface area contributed by atoms with Gasteiger partial charge in [-0.15, -0.1) is 0 Å². The Kier molecular flexibility index (Phi) is 5.37. The van der Waals surface area contributed by atoms with E-state index in [4.69, 9.17) is 11.6 Å². The lowest BCUT2D eigenvalue weighted by molar-refractivity contribution is 0.0600. The lowest BCUT2D eigenvalue weighted by Crippen LogP contribution is -2.27. The first-order valence-electron chi connectivity index (χ1n) is 8.33. The number of fused-ring (bicyclic) bond motifs is 1. The smallest absolute Gasteiger partial charge is 0.337 e. The standard InChI is InChI=1S/C19H20ClNO4S/c1-12(14-7-6-13-4-3-5-15(13)10-14)21-26(23,24)18-11-16(19(22)25-2)8-9-17(18)20/h6-12,21H,3-5H2,1-2H3/t12-/m1/s1. The summed E-state index contributed by atoms with van der Waals surface area (Å²) < 4.78 is 32.9. The van der Waals surface area contributed by atoms with Crippen molar-refractivity contribution < 1.29 is 17.9 Å². The zero-order valence-electron chi connectivity index (χ0n) is 14.6. The zero-order chi connectivity index (χ0) is 18.9. The number of benzene rings is 2. The maximum atomic E-state index is 12.8. The molecule has 0 aliphatic heterocycles. The molecular weight excluding hydrogens is 374 g/mol. The van der Waals surface area contributed by atoms with Gasteiger partial charge in [0.2, 0.25) is 10.0 Å². The molecular formula is C19H20ClNO4S. The predicted molar refractivity (Wildman–Crippen MR) is 100.0 cm³/mol. The summed E-state index contributed by atoms with van der Waals surface area (Å²) in [6, 6.07) is 9.67. The molecule has 1 aliphatic carbocycles. The number of ether oxygens (including phenoxy) is 1. The number of hydrogen-bond acceptors (Lipinski definition) is 4. The number of rotatable bonds is 5. The van der Waals surface area contributed by atoms with Crippen LogP contribution in [0.4, 0.5) is 0 Å². The van der Waals surface area contributed by atoms with Crippen molar-refractivity contribution in [3.8, 4) is 0 Å². The van der Waals surface area contributed by atoms with E-state index in [1.54, 1.807) is 6.92 Å². The molecule has 0 spiro atoms. The Bertz CT molecular complexity index is 956. The largest absolute Gasteiger partial charge is 0.465 e. The van der Waals surface area contributed by atoms with E-state index in [2.05, 4.69) is 21.6 Å². The Hall–Kier alpha value is -1.89. The highest BCUT2D eigenvalue weighted by atomic mass is 35.5. The van der Waals surface area contributed by atoms with Crippen LogP contribution in [0.3, 0.4) is 0 Å². The fraction of sp³-hybridized carbons (Fsp3) is 0.316. The third kappa shape index (κ3) is 3.77. The minimum Gasteiger partial charge on any atom is -0.465 e. The van der Waals surface area contributed by atoms with E-state index in [1.165, 1.54) is 36.4 Å². The highest BCUT2D eigenvalue weighted by Gasteiger charge is 2.24. The predicted octanol–water partition coefficient (Wildman–Crippen LogP) is 3.65. The van der Waals surface area contributed by atoms with E-state index in [-0.39, 0.29) is 15.5 Å². The van der Waals surface area contributed by atoms with Gasteiger partial charge in [0.1, 0.15) is 4.90 Å². The van der Waals surface area contributed by atoms with Crippen LogP contribution in [-0.2, 0) is 27.6 Å². The van der Waals surface area contributed by atoms with Crippen LogP contribution in [0.1, 0.15) is 46.4 Å². The summed E-state index contributed by atoms with van der Waals surface area (Å²) in [5.74, 6) is -0.621. The fourth-order valence-electron chi connectivity index (χ4n) is 3.18. The molecule has 0 unspecified atom stereocenters. The van der Waals surface area contributed by atoms with Gasteiger partial charge in [-0.05, 0) is 61.1 Å². The molecule has 0 fully saturated rings. The van der Waals surface area contributed by atoms with Crippen LogP contribution >= 0.6 is 11.6 Å². The van der Waals surface area contributed by atoms with Gasteiger partial charge in [-0.3, -0.25) is 0 Å². The first-order valence-corrected chi connectivity index (χ1v) is 10.2. The molecule has 26 heavy (non-hydrogen) atoms.